The fourth-order valence-corrected chi connectivity index (χ4v) is 2.00. The van der Waals surface area contributed by atoms with Crippen molar-refractivity contribution in [1.29, 1.82) is 0 Å². The number of rotatable bonds is 3. The molecule has 0 atom stereocenters. The first-order valence-corrected chi connectivity index (χ1v) is 6.68. The van der Waals surface area contributed by atoms with E-state index < -0.39 is 10.1 Å². The van der Waals surface area contributed by atoms with Gasteiger partial charge in [0.2, 0.25) is 0 Å². The van der Waals surface area contributed by atoms with Crippen molar-refractivity contribution in [3.63, 3.8) is 0 Å². The molecule has 0 amide bonds. The molecule has 5 heteroatoms. The second-order valence-corrected chi connectivity index (χ2v) is 5.25. The molecule has 0 aromatic heterocycles. The molecule has 0 radical (unpaired) electrons. The third-order valence-electron chi connectivity index (χ3n) is 2.22. The van der Waals surface area contributed by atoms with E-state index in [1.165, 1.54) is 0 Å². The predicted molar refractivity (Wildman–Crippen MR) is 64.8 cm³/mol. The van der Waals surface area contributed by atoms with E-state index in [1.807, 2.05) is 0 Å². The van der Waals surface area contributed by atoms with E-state index >= 15 is 0 Å². The smallest absolute Gasteiger partial charge is 0.306 e. The van der Waals surface area contributed by atoms with Gasteiger partial charge in [0.1, 0.15) is 12.0 Å². The van der Waals surface area contributed by atoms with Gasteiger partial charge in [0, 0.05) is 5.56 Å². The van der Waals surface area contributed by atoms with E-state index in [0.29, 0.717) is 5.56 Å². The number of hydrogen-bond donors (Lipinski definition) is 0. The Morgan fingerprint density at radius 2 is 1.71 bits per heavy atom. The van der Waals surface area contributed by atoms with E-state index in [2.05, 4.69) is 0 Å². The highest BCUT2D eigenvalue weighted by molar-refractivity contribution is 7.86. The van der Waals surface area contributed by atoms with Gasteiger partial charge in [-0.2, -0.15) is 8.42 Å². The van der Waals surface area contributed by atoms with Gasteiger partial charge in [-0.3, -0.25) is 4.79 Å². The van der Waals surface area contributed by atoms with Gasteiger partial charge in [0.05, 0.1) is 6.26 Å². The van der Waals surface area contributed by atoms with Gasteiger partial charge in [0.15, 0.2) is 0 Å². The van der Waals surface area contributed by atoms with Crippen molar-refractivity contribution in [2.24, 2.45) is 0 Å². The number of benzene rings is 2. The van der Waals surface area contributed by atoms with Crippen LogP contribution in [0.15, 0.2) is 36.4 Å². The van der Waals surface area contributed by atoms with Gasteiger partial charge < -0.3 is 4.18 Å². The van der Waals surface area contributed by atoms with Crippen LogP contribution in [0.3, 0.4) is 0 Å². The second kappa shape index (κ2) is 4.18. The van der Waals surface area contributed by atoms with Crippen molar-refractivity contribution >= 4 is 27.2 Å². The van der Waals surface area contributed by atoms with Crippen LogP contribution in [0.4, 0.5) is 0 Å². The maximum absolute atomic E-state index is 11.0. The minimum Gasteiger partial charge on any atom is -0.383 e. The highest BCUT2D eigenvalue weighted by Gasteiger charge is 2.05. The number of fused-ring (bicyclic) bond motifs is 1. The molecule has 0 saturated carbocycles. The number of aldehydes is 1. The molecule has 2 aromatic carbocycles. The monoisotopic (exact) mass is 250 g/mol. The molecular formula is C12H10O4S. The summed E-state index contributed by atoms with van der Waals surface area (Å²) in [5.41, 5.74) is 0.578. The Bertz CT molecular complexity index is 674. The molecule has 4 nitrogen and oxygen atoms in total. The van der Waals surface area contributed by atoms with Crippen molar-refractivity contribution in [3.05, 3.63) is 42.0 Å². The zero-order chi connectivity index (χ0) is 12.5. The molecule has 0 saturated heterocycles. The minimum atomic E-state index is -3.51. The topological polar surface area (TPSA) is 60.4 Å². The number of hydrogen-bond acceptors (Lipinski definition) is 4. The summed E-state index contributed by atoms with van der Waals surface area (Å²) in [5, 5.41) is 1.67. The average molecular weight is 250 g/mol. The zero-order valence-corrected chi connectivity index (χ0v) is 9.90. The molecule has 2 rings (SSSR count). The molecule has 0 N–H and O–H groups in total. The highest BCUT2D eigenvalue weighted by atomic mass is 32.2. The summed E-state index contributed by atoms with van der Waals surface area (Å²) in [7, 11) is -3.51. The SMILES string of the molecule is CS(=O)(=O)Oc1ccc2cc(C=O)ccc2c1. The van der Waals surface area contributed by atoms with Gasteiger partial charge in [-0.1, -0.05) is 18.2 Å². The van der Waals surface area contributed by atoms with Crippen LogP contribution in [-0.2, 0) is 10.1 Å². The quantitative estimate of drug-likeness (QED) is 0.617. The van der Waals surface area contributed by atoms with E-state index in [-0.39, 0.29) is 5.75 Å². The summed E-state index contributed by atoms with van der Waals surface area (Å²) in [6.45, 7) is 0. The van der Waals surface area contributed by atoms with Gasteiger partial charge in [-0.25, -0.2) is 0 Å². The molecule has 88 valence electrons. The Morgan fingerprint density at radius 1 is 1.06 bits per heavy atom. The summed E-state index contributed by atoms with van der Waals surface area (Å²) in [6.07, 6.45) is 1.76. The Labute approximate surface area is 99.0 Å². The Balaban J connectivity index is 2.48. The van der Waals surface area contributed by atoms with E-state index in [0.717, 1.165) is 23.3 Å². The predicted octanol–water partition coefficient (Wildman–Crippen LogP) is 1.99. The summed E-state index contributed by atoms with van der Waals surface area (Å²) < 4.78 is 26.7. The van der Waals surface area contributed by atoms with Gasteiger partial charge in [0.25, 0.3) is 0 Å². The second-order valence-electron chi connectivity index (χ2n) is 3.67. The normalized spacial score (nSPS) is 11.4. The lowest BCUT2D eigenvalue weighted by Gasteiger charge is -2.04. The van der Waals surface area contributed by atoms with Crippen LogP contribution in [0.2, 0.25) is 0 Å². The summed E-state index contributed by atoms with van der Waals surface area (Å²) in [6, 6.07) is 10.0. The number of carbonyl (C=O) groups is 1. The first kappa shape index (κ1) is 11.6. The molecule has 0 aliphatic carbocycles. The third-order valence-corrected chi connectivity index (χ3v) is 2.71. The molecular weight excluding hydrogens is 240 g/mol. The van der Waals surface area contributed by atoms with Crippen LogP contribution >= 0.6 is 0 Å². The molecule has 17 heavy (non-hydrogen) atoms. The van der Waals surface area contributed by atoms with Gasteiger partial charge in [-0.15, -0.1) is 0 Å². The van der Waals surface area contributed by atoms with E-state index in [9.17, 15) is 13.2 Å². The van der Waals surface area contributed by atoms with Gasteiger partial charge >= 0.3 is 10.1 Å². The molecule has 0 aliphatic heterocycles. The van der Waals surface area contributed by atoms with Crippen LogP contribution in [0.5, 0.6) is 5.75 Å². The van der Waals surface area contributed by atoms with Crippen molar-refractivity contribution in [2.75, 3.05) is 6.26 Å². The molecule has 2 aromatic rings. The van der Waals surface area contributed by atoms with Crippen molar-refractivity contribution in [1.82, 2.24) is 0 Å². The first-order chi connectivity index (χ1) is 7.98. The van der Waals surface area contributed by atoms with Crippen molar-refractivity contribution in [3.8, 4) is 5.75 Å². The van der Waals surface area contributed by atoms with E-state index in [1.54, 1.807) is 36.4 Å². The maximum Gasteiger partial charge on any atom is 0.306 e. The summed E-state index contributed by atoms with van der Waals surface area (Å²) in [5.74, 6) is 0.263. The lowest BCUT2D eigenvalue weighted by Crippen LogP contribution is -2.05. The maximum atomic E-state index is 11.0. The van der Waals surface area contributed by atoms with Crippen molar-refractivity contribution < 1.29 is 17.4 Å². The number of carbonyl (C=O) groups excluding carboxylic acids is 1. The first-order valence-electron chi connectivity index (χ1n) is 4.86. The standard InChI is InChI=1S/C12H10O4S/c1-17(14,15)16-12-5-4-10-6-9(8-13)2-3-11(10)7-12/h2-8H,1H3. The molecule has 0 aliphatic rings. The van der Waals surface area contributed by atoms with Crippen LogP contribution in [-0.4, -0.2) is 21.0 Å². The highest BCUT2D eigenvalue weighted by Crippen LogP contribution is 2.22. The average Bonchev–Trinajstić information content (AvgIpc) is 2.26. The fourth-order valence-electron chi connectivity index (χ4n) is 1.54. The Morgan fingerprint density at radius 3 is 2.35 bits per heavy atom. The molecule has 0 fully saturated rings. The molecule has 0 bridgehead atoms. The van der Waals surface area contributed by atoms with Crippen LogP contribution < -0.4 is 4.18 Å². The lowest BCUT2D eigenvalue weighted by atomic mass is 10.1. The van der Waals surface area contributed by atoms with Crippen LogP contribution in [0.25, 0.3) is 10.8 Å². The summed E-state index contributed by atoms with van der Waals surface area (Å²) in [4.78, 5) is 10.6. The molecule has 0 spiro atoms. The lowest BCUT2D eigenvalue weighted by molar-refractivity contribution is 0.112. The van der Waals surface area contributed by atoms with E-state index in [4.69, 9.17) is 4.18 Å². The summed E-state index contributed by atoms with van der Waals surface area (Å²) >= 11 is 0. The Kier molecular flexibility index (Phi) is 2.85. The molecule has 0 heterocycles. The van der Waals surface area contributed by atoms with Gasteiger partial charge in [-0.05, 0) is 29.0 Å². The zero-order valence-electron chi connectivity index (χ0n) is 9.08. The third kappa shape index (κ3) is 2.82. The van der Waals surface area contributed by atoms with Crippen LogP contribution in [0.1, 0.15) is 10.4 Å². The molecule has 0 unspecified atom stereocenters. The largest absolute Gasteiger partial charge is 0.383 e. The minimum absolute atomic E-state index is 0.263. The van der Waals surface area contributed by atoms with Crippen molar-refractivity contribution in [2.45, 2.75) is 0 Å². The van der Waals surface area contributed by atoms with Crippen LogP contribution in [0, 0.1) is 0 Å². The Hall–Kier alpha value is -1.88. The fraction of sp³-hybridized carbons (Fsp3) is 0.0833.